The third-order valence-corrected chi connectivity index (χ3v) is 5.27. The molecular formula is C21H22N4O4. The monoisotopic (exact) mass is 394 g/mol. The highest BCUT2D eigenvalue weighted by Crippen LogP contribution is 2.34. The lowest BCUT2D eigenvalue weighted by molar-refractivity contribution is 0.0786. The molecular weight excluding hydrogens is 372 g/mol. The first kappa shape index (κ1) is 18.9. The molecule has 2 aromatic heterocycles. The van der Waals surface area contributed by atoms with E-state index in [9.17, 15) is 9.59 Å². The predicted octanol–water partition coefficient (Wildman–Crippen LogP) is 2.53. The Hall–Kier alpha value is -3.42. The van der Waals surface area contributed by atoms with Gasteiger partial charge in [-0.1, -0.05) is 17.3 Å². The van der Waals surface area contributed by atoms with Gasteiger partial charge >= 0.3 is 0 Å². The summed E-state index contributed by atoms with van der Waals surface area (Å²) in [6.45, 7) is 2.88. The summed E-state index contributed by atoms with van der Waals surface area (Å²) >= 11 is 0. The fraction of sp³-hybridized carbons (Fsp3) is 0.333. The summed E-state index contributed by atoms with van der Waals surface area (Å²) in [6.07, 6.45) is 0.726. The number of ether oxygens (including phenoxy) is 1. The zero-order chi connectivity index (χ0) is 20.5. The molecule has 1 saturated heterocycles. The quantitative estimate of drug-likeness (QED) is 0.730. The Morgan fingerprint density at radius 3 is 2.83 bits per heavy atom. The maximum absolute atomic E-state index is 13.0. The van der Waals surface area contributed by atoms with Crippen molar-refractivity contribution in [3.63, 3.8) is 0 Å². The standard InChI is InChI=1S/C21H22N4O4/c1-12-10-15(19(26)22-2)17-18(24-29-20(17)23-12)13-8-9-25(11-13)21(27)14-6-4-5-7-16(14)28-3/h4-7,10,13H,8-9,11H2,1-3H3,(H,22,26). The fourth-order valence-electron chi connectivity index (χ4n) is 3.85. The molecule has 8 heteroatoms. The number of hydrogen-bond acceptors (Lipinski definition) is 6. The number of fused-ring (bicyclic) bond motifs is 1. The van der Waals surface area contributed by atoms with Crippen LogP contribution in [0.25, 0.3) is 11.1 Å². The van der Waals surface area contributed by atoms with Gasteiger partial charge in [0, 0.05) is 31.7 Å². The molecule has 0 bridgehead atoms. The van der Waals surface area contributed by atoms with Crippen molar-refractivity contribution >= 4 is 22.9 Å². The van der Waals surface area contributed by atoms with Crippen LogP contribution in [0.4, 0.5) is 0 Å². The maximum atomic E-state index is 13.0. The van der Waals surface area contributed by atoms with Gasteiger partial charge in [-0.05, 0) is 31.5 Å². The number of pyridine rings is 1. The zero-order valence-electron chi connectivity index (χ0n) is 16.6. The Labute approximate surface area is 167 Å². The van der Waals surface area contributed by atoms with Gasteiger partial charge in [0.05, 0.1) is 29.3 Å². The van der Waals surface area contributed by atoms with Gasteiger partial charge in [-0.25, -0.2) is 4.98 Å². The first-order valence-electron chi connectivity index (χ1n) is 9.44. The van der Waals surface area contributed by atoms with E-state index < -0.39 is 0 Å². The minimum atomic E-state index is -0.218. The lowest BCUT2D eigenvalue weighted by Crippen LogP contribution is -2.28. The van der Waals surface area contributed by atoms with Gasteiger partial charge in [-0.2, -0.15) is 0 Å². The highest BCUT2D eigenvalue weighted by molar-refractivity contribution is 6.06. The van der Waals surface area contributed by atoms with Crippen LogP contribution in [-0.4, -0.2) is 54.1 Å². The Bertz CT molecular complexity index is 1090. The van der Waals surface area contributed by atoms with Crippen molar-refractivity contribution in [1.82, 2.24) is 20.4 Å². The van der Waals surface area contributed by atoms with Crippen molar-refractivity contribution in [1.29, 1.82) is 0 Å². The van der Waals surface area contributed by atoms with Crippen molar-refractivity contribution < 1.29 is 18.8 Å². The number of carbonyl (C=O) groups is 2. The van der Waals surface area contributed by atoms with Crippen LogP contribution in [0.15, 0.2) is 34.9 Å². The second kappa shape index (κ2) is 7.54. The van der Waals surface area contributed by atoms with Gasteiger partial charge in [0.25, 0.3) is 17.5 Å². The number of carbonyl (C=O) groups excluding carboxylic acids is 2. The van der Waals surface area contributed by atoms with Crippen LogP contribution >= 0.6 is 0 Å². The van der Waals surface area contributed by atoms with E-state index in [1.54, 1.807) is 44.2 Å². The molecule has 1 aromatic carbocycles. The molecule has 8 nitrogen and oxygen atoms in total. The lowest BCUT2D eigenvalue weighted by Gasteiger charge is -2.18. The molecule has 0 saturated carbocycles. The van der Waals surface area contributed by atoms with Gasteiger partial charge in [-0.15, -0.1) is 0 Å². The minimum Gasteiger partial charge on any atom is -0.496 e. The van der Waals surface area contributed by atoms with E-state index in [2.05, 4.69) is 15.5 Å². The summed E-state index contributed by atoms with van der Waals surface area (Å²) in [7, 11) is 3.13. The summed E-state index contributed by atoms with van der Waals surface area (Å²) < 4.78 is 10.8. The summed E-state index contributed by atoms with van der Waals surface area (Å²) in [4.78, 5) is 31.5. The van der Waals surface area contributed by atoms with Gasteiger partial charge in [0.2, 0.25) is 0 Å². The normalized spacial score (nSPS) is 16.2. The number of amides is 2. The van der Waals surface area contributed by atoms with Crippen LogP contribution < -0.4 is 10.1 Å². The molecule has 0 spiro atoms. The van der Waals surface area contributed by atoms with Crippen LogP contribution in [0, 0.1) is 6.92 Å². The number of nitrogens with zero attached hydrogens (tertiary/aromatic N) is 3. The molecule has 1 unspecified atom stereocenters. The lowest BCUT2D eigenvalue weighted by atomic mass is 9.99. The van der Waals surface area contributed by atoms with Gasteiger partial charge < -0.3 is 19.5 Å². The van der Waals surface area contributed by atoms with E-state index in [1.807, 2.05) is 12.1 Å². The van der Waals surface area contributed by atoms with Crippen molar-refractivity contribution in [2.75, 3.05) is 27.2 Å². The largest absolute Gasteiger partial charge is 0.496 e. The highest BCUT2D eigenvalue weighted by atomic mass is 16.5. The molecule has 3 heterocycles. The van der Waals surface area contributed by atoms with Crippen LogP contribution in [-0.2, 0) is 0 Å². The second-order valence-electron chi connectivity index (χ2n) is 7.08. The Morgan fingerprint density at radius 1 is 1.28 bits per heavy atom. The van der Waals surface area contributed by atoms with E-state index in [1.165, 1.54) is 0 Å². The molecule has 0 aliphatic carbocycles. The highest BCUT2D eigenvalue weighted by Gasteiger charge is 2.33. The van der Waals surface area contributed by atoms with Crippen molar-refractivity contribution in [3.8, 4) is 5.75 Å². The first-order valence-corrected chi connectivity index (χ1v) is 9.44. The number of nitrogens with one attached hydrogen (secondary N) is 1. The Kier molecular flexibility index (Phi) is 4.92. The van der Waals surface area contributed by atoms with Gasteiger partial charge in [0.15, 0.2) is 0 Å². The topological polar surface area (TPSA) is 97.6 Å². The van der Waals surface area contributed by atoms with E-state index in [0.717, 1.165) is 6.42 Å². The zero-order valence-corrected chi connectivity index (χ0v) is 16.6. The number of hydrogen-bond donors (Lipinski definition) is 1. The average Bonchev–Trinajstić information content (AvgIpc) is 3.39. The molecule has 0 radical (unpaired) electrons. The number of benzene rings is 1. The summed E-state index contributed by atoms with van der Waals surface area (Å²) in [5, 5.41) is 7.49. The van der Waals surface area contributed by atoms with Crippen LogP contribution in [0.1, 0.15) is 44.4 Å². The number of rotatable bonds is 4. The van der Waals surface area contributed by atoms with Gasteiger partial charge in [0.1, 0.15) is 5.75 Å². The number of para-hydroxylation sites is 1. The van der Waals surface area contributed by atoms with Crippen molar-refractivity contribution in [3.05, 3.63) is 52.8 Å². The van der Waals surface area contributed by atoms with Crippen molar-refractivity contribution in [2.24, 2.45) is 0 Å². The number of likely N-dealkylation sites (tertiary alicyclic amines) is 1. The van der Waals surface area contributed by atoms with E-state index in [-0.39, 0.29) is 17.7 Å². The third kappa shape index (κ3) is 3.30. The van der Waals surface area contributed by atoms with Crippen LogP contribution in [0.5, 0.6) is 5.75 Å². The Morgan fingerprint density at radius 2 is 2.07 bits per heavy atom. The molecule has 1 aliphatic rings. The first-order chi connectivity index (χ1) is 14.0. The van der Waals surface area contributed by atoms with Crippen molar-refractivity contribution in [2.45, 2.75) is 19.3 Å². The van der Waals surface area contributed by atoms with Crippen LogP contribution in [0.3, 0.4) is 0 Å². The molecule has 3 aromatic rings. The van der Waals surface area contributed by atoms with E-state index in [4.69, 9.17) is 9.26 Å². The van der Waals surface area contributed by atoms with Gasteiger partial charge in [-0.3, -0.25) is 9.59 Å². The number of aryl methyl sites for hydroxylation is 1. The number of aromatic nitrogens is 2. The van der Waals surface area contributed by atoms with E-state index in [0.29, 0.717) is 52.5 Å². The summed E-state index contributed by atoms with van der Waals surface area (Å²) in [6, 6.07) is 8.91. The molecule has 2 amide bonds. The molecule has 4 rings (SSSR count). The Balaban J connectivity index is 1.65. The fourth-order valence-corrected chi connectivity index (χ4v) is 3.85. The third-order valence-electron chi connectivity index (χ3n) is 5.27. The molecule has 29 heavy (non-hydrogen) atoms. The molecule has 1 aliphatic heterocycles. The van der Waals surface area contributed by atoms with Crippen LogP contribution in [0.2, 0.25) is 0 Å². The molecule has 1 atom stereocenters. The average molecular weight is 394 g/mol. The molecule has 1 fully saturated rings. The van der Waals surface area contributed by atoms with E-state index >= 15 is 0 Å². The minimum absolute atomic E-state index is 0.0391. The predicted molar refractivity (Wildman–Crippen MR) is 106 cm³/mol. The second-order valence-corrected chi connectivity index (χ2v) is 7.08. The number of methoxy groups -OCH3 is 1. The summed E-state index contributed by atoms with van der Waals surface area (Å²) in [5.41, 5.74) is 2.71. The molecule has 1 N–H and O–H groups in total. The molecule has 150 valence electrons. The smallest absolute Gasteiger partial charge is 0.259 e. The maximum Gasteiger partial charge on any atom is 0.259 e. The SMILES string of the molecule is CNC(=O)c1cc(C)nc2onc(C3CCN(C(=O)c4ccccc4OC)C3)c12. The summed E-state index contributed by atoms with van der Waals surface area (Å²) in [5.74, 6) is 0.209.